The Labute approximate surface area is 108 Å². The second-order valence-electron chi connectivity index (χ2n) is 4.66. The molecule has 88 valence electrons. The molecule has 0 saturated carbocycles. The Morgan fingerprint density at radius 2 is 1.44 bits per heavy atom. The van der Waals surface area contributed by atoms with E-state index in [1.165, 1.54) is 32.7 Å². The molecule has 0 aromatic heterocycles. The van der Waals surface area contributed by atoms with Gasteiger partial charge in [-0.2, -0.15) is 0 Å². The fraction of sp³-hybridized carbons (Fsp3) is 0.111. The van der Waals surface area contributed by atoms with Crippen molar-refractivity contribution < 1.29 is 0 Å². The largest absolute Gasteiger partial charge is 0.0841 e. The maximum absolute atomic E-state index is 2.30. The molecule has 3 aromatic rings. The number of fused-ring (bicyclic) bond motifs is 3. The van der Waals surface area contributed by atoms with Gasteiger partial charge in [-0.15, -0.1) is 0 Å². The van der Waals surface area contributed by atoms with E-state index in [-0.39, 0.29) is 0 Å². The Morgan fingerprint density at radius 1 is 0.833 bits per heavy atom. The molecule has 0 spiro atoms. The maximum atomic E-state index is 2.30. The van der Waals surface area contributed by atoms with E-state index in [0.29, 0.717) is 0 Å². The zero-order chi connectivity index (χ0) is 12.5. The Kier molecular flexibility index (Phi) is 2.64. The van der Waals surface area contributed by atoms with Gasteiger partial charge in [0.25, 0.3) is 0 Å². The molecule has 0 aliphatic heterocycles. The lowest BCUT2D eigenvalue weighted by Crippen LogP contribution is -1.85. The second kappa shape index (κ2) is 4.30. The van der Waals surface area contributed by atoms with Gasteiger partial charge in [0, 0.05) is 0 Å². The smallest absolute Gasteiger partial charge is 0.00993 e. The fourth-order valence-electron chi connectivity index (χ4n) is 2.54. The predicted octanol–water partition coefficient (Wildman–Crippen LogP) is 5.42. The van der Waals surface area contributed by atoms with Crippen molar-refractivity contribution in [1.82, 2.24) is 0 Å². The van der Waals surface area contributed by atoms with Gasteiger partial charge in [-0.25, -0.2) is 0 Å². The molecule has 3 aromatic carbocycles. The van der Waals surface area contributed by atoms with Gasteiger partial charge in [-0.1, -0.05) is 54.6 Å². The van der Waals surface area contributed by atoms with E-state index in [4.69, 9.17) is 0 Å². The molecule has 0 heteroatoms. The molecule has 3 rings (SSSR count). The summed E-state index contributed by atoms with van der Waals surface area (Å²) in [7, 11) is 0. The summed E-state index contributed by atoms with van der Waals surface area (Å²) in [6.07, 6.45) is 2.18. The Hall–Kier alpha value is -2.08. The molecule has 0 nitrogen and oxygen atoms in total. The molecule has 0 radical (unpaired) electrons. The third kappa shape index (κ3) is 1.62. The third-order valence-electron chi connectivity index (χ3n) is 3.63. The van der Waals surface area contributed by atoms with Crippen molar-refractivity contribution in [3.05, 3.63) is 66.2 Å². The Bertz CT molecular complexity index is 748. The second-order valence-corrected chi connectivity index (χ2v) is 4.66. The standard InChI is InChI=1S/C18H16/c1-3-13(2)18-12-14-8-4-5-9-15(14)16-10-6-7-11-17(16)18/h3-12H,1-2H3/b13-3-. The summed E-state index contributed by atoms with van der Waals surface area (Å²) in [6.45, 7) is 4.27. The zero-order valence-corrected chi connectivity index (χ0v) is 10.8. The van der Waals surface area contributed by atoms with E-state index < -0.39 is 0 Å². The van der Waals surface area contributed by atoms with Crippen LogP contribution in [0.2, 0.25) is 0 Å². The van der Waals surface area contributed by atoms with Crippen LogP contribution in [0.4, 0.5) is 0 Å². The minimum absolute atomic E-state index is 1.31. The lowest BCUT2D eigenvalue weighted by molar-refractivity contribution is 1.60. The quantitative estimate of drug-likeness (QED) is 0.492. The summed E-state index contributed by atoms with van der Waals surface area (Å²) in [6, 6.07) is 19.6. The monoisotopic (exact) mass is 232 g/mol. The summed E-state index contributed by atoms with van der Waals surface area (Å²) < 4.78 is 0. The highest BCUT2D eigenvalue weighted by Gasteiger charge is 2.06. The molecule has 0 atom stereocenters. The van der Waals surface area contributed by atoms with E-state index in [0.717, 1.165) is 0 Å². The van der Waals surface area contributed by atoms with E-state index in [1.54, 1.807) is 0 Å². The van der Waals surface area contributed by atoms with Gasteiger partial charge >= 0.3 is 0 Å². The predicted molar refractivity (Wildman–Crippen MR) is 80.8 cm³/mol. The van der Waals surface area contributed by atoms with Crippen LogP contribution in [0.3, 0.4) is 0 Å². The van der Waals surface area contributed by atoms with Crippen molar-refractivity contribution >= 4 is 27.1 Å². The van der Waals surface area contributed by atoms with Crippen LogP contribution in [0.15, 0.2) is 60.7 Å². The normalized spacial score (nSPS) is 12.2. The van der Waals surface area contributed by atoms with Gasteiger partial charge in [0.1, 0.15) is 0 Å². The molecule has 0 unspecified atom stereocenters. The first-order chi connectivity index (χ1) is 8.81. The minimum Gasteiger partial charge on any atom is -0.0841 e. The highest BCUT2D eigenvalue weighted by Crippen LogP contribution is 2.32. The average molecular weight is 232 g/mol. The fourth-order valence-corrected chi connectivity index (χ4v) is 2.54. The van der Waals surface area contributed by atoms with Gasteiger partial charge in [0.15, 0.2) is 0 Å². The van der Waals surface area contributed by atoms with Crippen LogP contribution in [0.1, 0.15) is 19.4 Å². The first kappa shape index (κ1) is 11.0. The van der Waals surface area contributed by atoms with E-state index >= 15 is 0 Å². The molecule has 0 fully saturated rings. The summed E-state index contributed by atoms with van der Waals surface area (Å²) in [5.41, 5.74) is 2.67. The maximum Gasteiger partial charge on any atom is -0.00993 e. The van der Waals surface area contributed by atoms with Crippen LogP contribution < -0.4 is 0 Å². The van der Waals surface area contributed by atoms with Crippen LogP contribution in [0.25, 0.3) is 27.1 Å². The number of benzene rings is 3. The molecular weight excluding hydrogens is 216 g/mol. The Morgan fingerprint density at radius 3 is 2.17 bits per heavy atom. The lowest BCUT2D eigenvalue weighted by Gasteiger charge is -2.10. The highest BCUT2D eigenvalue weighted by molar-refractivity contribution is 6.11. The third-order valence-corrected chi connectivity index (χ3v) is 3.63. The lowest BCUT2D eigenvalue weighted by atomic mass is 9.94. The van der Waals surface area contributed by atoms with Crippen LogP contribution in [0, 0.1) is 0 Å². The van der Waals surface area contributed by atoms with E-state index in [2.05, 4.69) is 74.5 Å². The van der Waals surface area contributed by atoms with Crippen molar-refractivity contribution in [1.29, 1.82) is 0 Å². The zero-order valence-electron chi connectivity index (χ0n) is 10.8. The highest BCUT2D eigenvalue weighted by atomic mass is 14.1. The first-order valence-electron chi connectivity index (χ1n) is 6.35. The molecular formula is C18H16. The van der Waals surface area contributed by atoms with Crippen molar-refractivity contribution in [3.63, 3.8) is 0 Å². The van der Waals surface area contributed by atoms with E-state index in [1.807, 2.05) is 0 Å². The molecule has 0 amide bonds. The number of allylic oxidation sites excluding steroid dienone is 2. The van der Waals surface area contributed by atoms with Crippen molar-refractivity contribution in [2.24, 2.45) is 0 Å². The van der Waals surface area contributed by atoms with Crippen molar-refractivity contribution in [2.45, 2.75) is 13.8 Å². The molecule has 0 aliphatic carbocycles. The topological polar surface area (TPSA) is 0 Å². The molecule has 18 heavy (non-hydrogen) atoms. The first-order valence-corrected chi connectivity index (χ1v) is 6.35. The van der Waals surface area contributed by atoms with Crippen LogP contribution >= 0.6 is 0 Å². The van der Waals surface area contributed by atoms with Gasteiger partial charge in [-0.3, -0.25) is 0 Å². The molecule has 0 N–H and O–H groups in total. The van der Waals surface area contributed by atoms with Gasteiger partial charge < -0.3 is 0 Å². The summed E-state index contributed by atoms with van der Waals surface area (Å²) in [4.78, 5) is 0. The van der Waals surface area contributed by atoms with Gasteiger partial charge in [0.2, 0.25) is 0 Å². The summed E-state index contributed by atoms with van der Waals surface area (Å²) in [5.74, 6) is 0. The van der Waals surface area contributed by atoms with Gasteiger partial charge in [-0.05, 0) is 52.6 Å². The van der Waals surface area contributed by atoms with E-state index in [9.17, 15) is 0 Å². The molecule has 0 aliphatic rings. The van der Waals surface area contributed by atoms with Crippen LogP contribution in [0.5, 0.6) is 0 Å². The van der Waals surface area contributed by atoms with Crippen LogP contribution in [-0.2, 0) is 0 Å². The molecule has 0 heterocycles. The van der Waals surface area contributed by atoms with Crippen LogP contribution in [-0.4, -0.2) is 0 Å². The minimum atomic E-state index is 1.31. The summed E-state index contributed by atoms with van der Waals surface area (Å²) in [5, 5.41) is 5.33. The summed E-state index contributed by atoms with van der Waals surface area (Å²) >= 11 is 0. The van der Waals surface area contributed by atoms with Crippen molar-refractivity contribution in [2.75, 3.05) is 0 Å². The average Bonchev–Trinajstić information content (AvgIpc) is 2.45. The Balaban J connectivity index is 2.55. The number of rotatable bonds is 1. The van der Waals surface area contributed by atoms with Crippen molar-refractivity contribution in [3.8, 4) is 0 Å². The molecule has 0 saturated heterocycles. The number of hydrogen-bond donors (Lipinski definition) is 0. The number of hydrogen-bond acceptors (Lipinski definition) is 0. The molecule has 0 bridgehead atoms. The SMILES string of the molecule is C/C=C(/C)c1cc2ccccc2c2ccccc12. The van der Waals surface area contributed by atoms with Gasteiger partial charge in [0.05, 0.1) is 0 Å².